The molecule has 0 bridgehead atoms. The number of anilines is 1. The minimum Gasteiger partial charge on any atom is -0.393 e. The summed E-state index contributed by atoms with van der Waals surface area (Å²) in [5, 5.41) is 16.1. The van der Waals surface area contributed by atoms with Crippen molar-refractivity contribution < 1.29 is 9.84 Å². The molecule has 2 aromatic rings. The fourth-order valence-electron chi connectivity index (χ4n) is 4.24. The van der Waals surface area contributed by atoms with Crippen LogP contribution in [0.4, 0.5) is 5.82 Å². The lowest BCUT2D eigenvalue weighted by Gasteiger charge is -2.33. The molecule has 1 saturated heterocycles. The molecule has 2 atom stereocenters. The molecule has 0 radical (unpaired) electrons. The van der Waals surface area contributed by atoms with Crippen LogP contribution >= 0.6 is 28.1 Å². The Hall–Kier alpha value is -2.86. The van der Waals surface area contributed by atoms with E-state index >= 15 is 0 Å². The molecule has 1 fully saturated rings. The van der Waals surface area contributed by atoms with Gasteiger partial charge >= 0.3 is 5.69 Å². The molecule has 4 rings (SSSR count). The average Bonchev–Trinajstić information content (AvgIpc) is 3.41. The normalized spacial score (nSPS) is 19.5. The van der Waals surface area contributed by atoms with Crippen LogP contribution in [-0.4, -0.2) is 92.7 Å². The summed E-state index contributed by atoms with van der Waals surface area (Å²) in [7, 11) is 0. The van der Waals surface area contributed by atoms with Crippen LogP contribution in [0.2, 0.25) is 0 Å². The number of piperazine rings is 1. The molecule has 2 aliphatic rings. The van der Waals surface area contributed by atoms with Crippen LogP contribution in [0.3, 0.4) is 0 Å². The zero-order valence-corrected chi connectivity index (χ0v) is 24.1. The van der Waals surface area contributed by atoms with E-state index in [0.29, 0.717) is 23.0 Å². The molecular weight excluding hydrogens is 586 g/mol. The van der Waals surface area contributed by atoms with Gasteiger partial charge in [0.1, 0.15) is 11.9 Å². The van der Waals surface area contributed by atoms with E-state index in [4.69, 9.17) is 17.0 Å². The van der Waals surface area contributed by atoms with E-state index in [1.165, 1.54) is 10.8 Å². The SMILES string of the molecule is Cc1cn([C@H]2C=C[C@@H](CO)O2)c(=O)n(CC#CCN2CCN(CCNC(=S)Nc3ccc(Br)cn3)CC2)c1=O. The molecule has 0 saturated carbocycles. The maximum Gasteiger partial charge on any atom is 0.334 e. The number of aliphatic hydroxyl groups excluding tert-OH is 1. The Morgan fingerprint density at radius 2 is 1.92 bits per heavy atom. The zero-order valence-electron chi connectivity index (χ0n) is 21.7. The van der Waals surface area contributed by atoms with Gasteiger partial charge < -0.3 is 20.5 Å². The van der Waals surface area contributed by atoms with Crippen molar-refractivity contribution in [3.63, 3.8) is 0 Å². The van der Waals surface area contributed by atoms with Crippen molar-refractivity contribution in [1.82, 2.24) is 29.2 Å². The molecule has 13 heteroatoms. The van der Waals surface area contributed by atoms with Gasteiger partial charge in [0.05, 0.1) is 19.7 Å². The van der Waals surface area contributed by atoms with Crippen LogP contribution in [-0.2, 0) is 11.3 Å². The number of aryl methyl sites for hydroxylation is 1. The number of rotatable bonds is 8. The van der Waals surface area contributed by atoms with E-state index in [9.17, 15) is 14.7 Å². The van der Waals surface area contributed by atoms with Crippen LogP contribution in [0.15, 0.2) is 50.7 Å². The number of aliphatic hydroxyl groups is 1. The lowest BCUT2D eigenvalue weighted by atomic mass is 10.3. The molecule has 0 amide bonds. The highest BCUT2D eigenvalue weighted by Crippen LogP contribution is 2.19. The smallest absolute Gasteiger partial charge is 0.334 e. The number of pyridine rings is 1. The summed E-state index contributed by atoms with van der Waals surface area (Å²) in [5.41, 5.74) is -0.428. The minimum atomic E-state index is -0.657. The first-order valence-electron chi connectivity index (χ1n) is 12.7. The summed E-state index contributed by atoms with van der Waals surface area (Å²) in [6.45, 7) is 7.27. The number of ether oxygens (including phenoxy) is 1. The molecule has 3 N–H and O–H groups in total. The van der Waals surface area contributed by atoms with Crippen LogP contribution in [0.1, 0.15) is 11.8 Å². The zero-order chi connectivity index (χ0) is 27.8. The third-order valence-electron chi connectivity index (χ3n) is 6.44. The summed E-state index contributed by atoms with van der Waals surface area (Å²) < 4.78 is 9.03. The van der Waals surface area contributed by atoms with Crippen molar-refractivity contribution in [1.29, 1.82) is 0 Å². The predicted molar refractivity (Wildman–Crippen MR) is 157 cm³/mol. The molecule has 4 heterocycles. The maximum atomic E-state index is 12.9. The highest BCUT2D eigenvalue weighted by molar-refractivity contribution is 9.10. The highest BCUT2D eigenvalue weighted by atomic mass is 79.9. The van der Waals surface area contributed by atoms with Crippen LogP contribution < -0.4 is 21.9 Å². The predicted octanol–water partition coefficient (Wildman–Crippen LogP) is 0.529. The molecule has 11 nitrogen and oxygen atoms in total. The first-order chi connectivity index (χ1) is 18.8. The van der Waals surface area contributed by atoms with E-state index in [-0.39, 0.29) is 18.7 Å². The fraction of sp³-hybridized carbons (Fsp3) is 0.462. The Morgan fingerprint density at radius 3 is 2.62 bits per heavy atom. The Kier molecular flexibility index (Phi) is 10.4. The first-order valence-corrected chi connectivity index (χ1v) is 13.9. The highest BCUT2D eigenvalue weighted by Gasteiger charge is 2.22. The van der Waals surface area contributed by atoms with Gasteiger partial charge in [-0.15, -0.1) is 0 Å². The Balaban J connectivity index is 1.19. The number of nitrogens with one attached hydrogen (secondary N) is 2. The lowest BCUT2D eigenvalue weighted by Crippen LogP contribution is -2.48. The molecule has 2 aromatic heterocycles. The van der Waals surface area contributed by atoms with Crippen molar-refractivity contribution in [2.45, 2.75) is 25.8 Å². The Labute approximate surface area is 240 Å². The summed E-state index contributed by atoms with van der Waals surface area (Å²) in [4.78, 5) is 34.4. The number of halogens is 1. The van der Waals surface area contributed by atoms with Crippen molar-refractivity contribution in [3.8, 4) is 11.8 Å². The molecule has 0 spiro atoms. The standard InChI is InChI=1S/C26H32BrN7O4S/c1-19-17-34(23-7-5-21(18-35)38-23)26(37)33(24(19)36)10-3-2-9-31-12-14-32(15-13-31)11-8-28-25(39)30-22-6-4-20(27)16-29-22/h4-7,16-17,21,23,35H,8-15,18H2,1H3,(H2,28,29,30,39)/t21-,23+/m0/s1. The average molecular weight is 619 g/mol. The third-order valence-corrected chi connectivity index (χ3v) is 7.15. The van der Waals surface area contributed by atoms with Crippen LogP contribution in [0, 0.1) is 18.8 Å². The lowest BCUT2D eigenvalue weighted by molar-refractivity contribution is -0.0110. The van der Waals surface area contributed by atoms with Crippen LogP contribution in [0.25, 0.3) is 0 Å². The van der Waals surface area contributed by atoms with E-state index in [2.05, 4.69) is 53.2 Å². The summed E-state index contributed by atoms with van der Waals surface area (Å²) >= 11 is 8.70. The molecule has 0 aromatic carbocycles. The Bertz CT molecular complexity index is 1360. The van der Waals surface area contributed by atoms with E-state index in [1.54, 1.807) is 25.3 Å². The van der Waals surface area contributed by atoms with Gasteiger partial charge in [0.15, 0.2) is 11.3 Å². The molecule has 39 heavy (non-hydrogen) atoms. The van der Waals surface area contributed by atoms with Crippen molar-refractivity contribution >= 4 is 39.1 Å². The van der Waals surface area contributed by atoms with Crippen LogP contribution in [0.5, 0.6) is 0 Å². The summed E-state index contributed by atoms with van der Waals surface area (Å²) in [6, 6.07) is 3.75. The fourth-order valence-corrected chi connectivity index (χ4v) is 4.68. The van der Waals surface area contributed by atoms with Gasteiger partial charge in [0.2, 0.25) is 0 Å². The maximum absolute atomic E-state index is 12.9. The van der Waals surface area contributed by atoms with Gasteiger partial charge in [0, 0.05) is 61.7 Å². The second-order valence-electron chi connectivity index (χ2n) is 9.24. The number of thiocarbonyl (C=S) groups is 1. The van der Waals surface area contributed by atoms with Crippen molar-refractivity contribution in [3.05, 3.63) is 67.6 Å². The number of nitrogens with zero attached hydrogens (tertiary/aromatic N) is 5. The van der Waals surface area contributed by atoms with Gasteiger partial charge in [-0.25, -0.2) is 14.3 Å². The second-order valence-corrected chi connectivity index (χ2v) is 10.6. The number of hydrogen-bond donors (Lipinski definition) is 3. The molecule has 2 aliphatic heterocycles. The molecule has 0 unspecified atom stereocenters. The van der Waals surface area contributed by atoms with E-state index < -0.39 is 18.0 Å². The van der Waals surface area contributed by atoms with Crippen molar-refractivity contribution in [2.24, 2.45) is 0 Å². The van der Waals surface area contributed by atoms with Gasteiger partial charge in [-0.2, -0.15) is 0 Å². The topological polar surface area (TPSA) is 117 Å². The van der Waals surface area contributed by atoms with Crippen molar-refractivity contribution in [2.75, 3.05) is 57.7 Å². The largest absolute Gasteiger partial charge is 0.393 e. The van der Waals surface area contributed by atoms with Gasteiger partial charge in [-0.3, -0.25) is 19.2 Å². The molecule has 208 valence electrons. The second kappa shape index (κ2) is 14.0. The minimum absolute atomic E-state index is 0.00850. The Morgan fingerprint density at radius 1 is 1.18 bits per heavy atom. The number of aromatic nitrogens is 3. The monoisotopic (exact) mass is 617 g/mol. The number of hydrogen-bond acceptors (Lipinski definition) is 8. The summed E-state index contributed by atoms with van der Waals surface area (Å²) in [6.07, 6.45) is 5.48. The molecule has 0 aliphatic carbocycles. The quantitative estimate of drug-likeness (QED) is 0.220. The van der Waals surface area contributed by atoms with E-state index in [1.807, 2.05) is 12.1 Å². The van der Waals surface area contributed by atoms with Gasteiger partial charge in [0.25, 0.3) is 5.56 Å². The first kappa shape index (κ1) is 29.1. The van der Waals surface area contributed by atoms with Gasteiger partial charge in [-0.05, 0) is 53.3 Å². The van der Waals surface area contributed by atoms with Gasteiger partial charge in [-0.1, -0.05) is 17.9 Å². The molecular formula is C26H32BrN7O4S. The van der Waals surface area contributed by atoms with E-state index in [0.717, 1.165) is 48.3 Å². The third kappa shape index (κ3) is 8.07. The summed E-state index contributed by atoms with van der Waals surface area (Å²) in [5.74, 6) is 6.78.